The first-order valence-electron chi connectivity index (χ1n) is 7.42. The molecule has 2 fully saturated rings. The normalized spacial score (nSPS) is 34.2. The van der Waals surface area contributed by atoms with Gasteiger partial charge >= 0.3 is 0 Å². The van der Waals surface area contributed by atoms with E-state index >= 15 is 0 Å². The molecule has 0 aromatic rings. The molecule has 3 atom stereocenters. The minimum Gasteiger partial charge on any atom is -0.352 e. The van der Waals surface area contributed by atoms with Crippen LogP contribution in [0.2, 0.25) is 0 Å². The van der Waals surface area contributed by atoms with Crippen LogP contribution in [-0.4, -0.2) is 42.5 Å². The summed E-state index contributed by atoms with van der Waals surface area (Å²) in [4.78, 5) is 14.2. The fraction of sp³-hybridized carbons (Fsp3) is 0.929. The van der Waals surface area contributed by atoms with Crippen LogP contribution in [0.4, 0.5) is 0 Å². The Kier molecular flexibility index (Phi) is 5.01. The number of carbonyl (C=O) groups is 1. The lowest BCUT2D eigenvalue weighted by Gasteiger charge is -2.33. The molecule has 0 radical (unpaired) electrons. The van der Waals surface area contributed by atoms with Crippen LogP contribution < -0.4 is 11.1 Å². The summed E-state index contributed by atoms with van der Waals surface area (Å²) in [5.41, 5.74) is 5.93. The van der Waals surface area contributed by atoms with Gasteiger partial charge in [0.25, 0.3) is 0 Å². The molecule has 2 rings (SSSR count). The van der Waals surface area contributed by atoms with Crippen molar-refractivity contribution in [2.75, 3.05) is 19.6 Å². The maximum absolute atomic E-state index is 12.0. The average molecular weight is 253 g/mol. The predicted octanol–water partition coefficient (Wildman–Crippen LogP) is 1.10. The van der Waals surface area contributed by atoms with Crippen molar-refractivity contribution >= 4 is 5.91 Å². The Balaban J connectivity index is 1.74. The first-order chi connectivity index (χ1) is 8.65. The van der Waals surface area contributed by atoms with E-state index in [0.717, 1.165) is 32.4 Å². The number of carbonyl (C=O) groups excluding carboxylic acids is 1. The summed E-state index contributed by atoms with van der Waals surface area (Å²) in [6, 6.07) is 0.643. The van der Waals surface area contributed by atoms with Crippen LogP contribution in [0.5, 0.6) is 0 Å². The number of likely N-dealkylation sites (tertiary alicyclic amines) is 1. The van der Waals surface area contributed by atoms with E-state index in [1.165, 1.54) is 19.3 Å². The molecule has 0 aromatic heterocycles. The minimum atomic E-state index is 0.183. The van der Waals surface area contributed by atoms with E-state index in [9.17, 15) is 4.79 Å². The van der Waals surface area contributed by atoms with Gasteiger partial charge in [-0.3, -0.25) is 9.69 Å². The molecular formula is C14H27N3O. The fourth-order valence-electron chi connectivity index (χ4n) is 3.22. The summed E-state index contributed by atoms with van der Waals surface area (Å²) in [5, 5.41) is 3.21. The molecule has 1 aliphatic heterocycles. The molecule has 3 N–H and O–H groups in total. The summed E-state index contributed by atoms with van der Waals surface area (Å²) >= 11 is 0. The van der Waals surface area contributed by atoms with Crippen LogP contribution in [0.15, 0.2) is 0 Å². The molecule has 1 saturated heterocycles. The molecule has 1 saturated carbocycles. The smallest absolute Gasteiger partial charge is 0.234 e. The SMILES string of the molecule is CC1CCCCC1NC(=O)CN1CCC[C@@H](N)C1. The zero-order chi connectivity index (χ0) is 13.0. The Bertz CT molecular complexity index is 282. The lowest BCUT2D eigenvalue weighted by Crippen LogP contribution is -2.49. The van der Waals surface area contributed by atoms with Gasteiger partial charge in [0.2, 0.25) is 5.91 Å². The third kappa shape index (κ3) is 3.95. The standard InChI is InChI=1S/C14H27N3O/c1-11-5-2-3-7-13(11)16-14(18)10-17-8-4-6-12(15)9-17/h11-13H,2-10,15H2,1H3,(H,16,18)/t11?,12-,13?/m1/s1. The molecule has 18 heavy (non-hydrogen) atoms. The van der Waals surface area contributed by atoms with Crippen molar-refractivity contribution in [2.45, 2.75) is 57.5 Å². The van der Waals surface area contributed by atoms with Gasteiger partial charge in [-0.1, -0.05) is 19.8 Å². The second-order valence-corrected chi connectivity index (χ2v) is 6.07. The summed E-state index contributed by atoms with van der Waals surface area (Å²) in [7, 11) is 0. The van der Waals surface area contributed by atoms with Gasteiger partial charge < -0.3 is 11.1 Å². The minimum absolute atomic E-state index is 0.183. The van der Waals surface area contributed by atoms with Gasteiger partial charge in [-0.15, -0.1) is 0 Å². The molecule has 2 aliphatic rings. The maximum atomic E-state index is 12.0. The quantitative estimate of drug-likeness (QED) is 0.792. The van der Waals surface area contributed by atoms with Gasteiger partial charge in [-0.25, -0.2) is 0 Å². The zero-order valence-corrected chi connectivity index (χ0v) is 11.5. The Hall–Kier alpha value is -0.610. The van der Waals surface area contributed by atoms with E-state index in [2.05, 4.69) is 17.1 Å². The van der Waals surface area contributed by atoms with Crippen molar-refractivity contribution in [1.82, 2.24) is 10.2 Å². The molecule has 1 amide bonds. The number of piperidine rings is 1. The summed E-state index contributed by atoms with van der Waals surface area (Å²) in [5.74, 6) is 0.814. The Morgan fingerprint density at radius 2 is 2.06 bits per heavy atom. The van der Waals surface area contributed by atoms with Gasteiger partial charge in [0.15, 0.2) is 0 Å². The van der Waals surface area contributed by atoms with E-state index in [4.69, 9.17) is 5.73 Å². The summed E-state index contributed by atoms with van der Waals surface area (Å²) in [6.45, 7) is 4.66. The highest BCUT2D eigenvalue weighted by atomic mass is 16.2. The topological polar surface area (TPSA) is 58.4 Å². The second kappa shape index (κ2) is 6.53. The zero-order valence-electron chi connectivity index (χ0n) is 11.5. The lowest BCUT2D eigenvalue weighted by molar-refractivity contribution is -0.123. The first kappa shape index (κ1) is 13.8. The fourth-order valence-corrected chi connectivity index (χ4v) is 3.22. The number of nitrogens with zero attached hydrogens (tertiary/aromatic N) is 1. The number of hydrogen-bond donors (Lipinski definition) is 2. The molecular weight excluding hydrogens is 226 g/mol. The van der Waals surface area contributed by atoms with E-state index in [1.54, 1.807) is 0 Å². The van der Waals surface area contributed by atoms with E-state index < -0.39 is 0 Å². The number of nitrogens with one attached hydrogen (secondary N) is 1. The van der Waals surface area contributed by atoms with Crippen LogP contribution >= 0.6 is 0 Å². The summed E-state index contributed by atoms with van der Waals surface area (Å²) < 4.78 is 0. The number of nitrogens with two attached hydrogens (primary N) is 1. The van der Waals surface area contributed by atoms with Crippen molar-refractivity contribution < 1.29 is 4.79 Å². The number of amides is 1. The monoisotopic (exact) mass is 253 g/mol. The number of rotatable bonds is 3. The van der Waals surface area contributed by atoms with E-state index in [0.29, 0.717) is 18.5 Å². The van der Waals surface area contributed by atoms with Gasteiger partial charge in [-0.2, -0.15) is 0 Å². The van der Waals surface area contributed by atoms with Crippen molar-refractivity contribution in [1.29, 1.82) is 0 Å². The van der Waals surface area contributed by atoms with Crippen LogP contribution in [0.3, 0.4) is 0 Å². The first-order valence-corrected chi connectivity index (χ1v) is 7.42. The van der Waals surface area contributed by atoms with Crippen LogP contribution in [-0.2, 0) is 4.79 Å². The molecule has 0 bridgehead atoms. The molecule has 1 heterocycles. The third-order valence-corrected chi connectivity index (χ3v) is 4.37. The van der Waals surface area contributed by atoms with Crippen LogP contribution in [0.25, 0.3) is 0 Å². The highest BCUT2D eigenvalue weighted by Gasteiger charge is 2.24. The molecule has 4 nitrogen and oxygen atoms in total. The predicted molar refractivity (Wildman–Crippen MR) is 73.2 cm³/mol. The van der Waals surface area contributed by atoms with Crippen molar-refractivity contribution in [3.8, 4) is 0 Å². The van der Waals surface area contributed by atoms with Crippen LogP contribution in [0.1, 0.15) is 45.4 Å². The van der Waals surface area contributed by atoms with Crippen molar-refractivity contribution in [2.24, 2.45) is 11.7 Å². The van der Waals surface area contributed by atoms with Gasteiger partial charge in [0.05, 0.1) is 6.54 Å². The molecule has 1 aliphatic carbocycles. The molecule has 104 valence electrons. The molecule has 2 unspecified atom stereocenters. The Morgan fingerprint density at radius 3 is 2.78 bits per heavy atom. The van der Waals surface area contributed by atoms with Gasteiger partial charge in [0, 0.05) is 18.6 Å². The third-order valence-electron chi connectivity index (χ3n) is 4.37. The lowest BCUT2D eigenvalue weighted by atomic mass is 9.86. The van der Waals surface area contributed by atoms with Crippen molar-refractivity contribution in [3.05, 3.63) is 0 Å². The second-order valence-electron chi connectivity index (χ2n) is 6.07. The highest BCUT2D eigenvalue weighted by Crippen LogP contribution is 2.23. The number of hydrogen-bond acceptors (Lipinski definition) is 3. The Labute approximate surface area is 110 Å². The van der Waals surface area contributed by atoms with Crippen molar-refractivity contribution in [3.63, 3.8) is 0 Å². The molecule has 4 heteroatoms. The Morgan fingerprint density at radius 1 is 1.28 bits per heavy atom. The maximum Gasteiger partial charge on any atom is 0.234 e. The highest BCUT2D eigenvalue weighted by molar-refractivity contribution is 5.78. The van der Waals surface area contributed by atoms with Gasteiger partial charge in [0.1, 0.15) is 0 Å². The van der Waals surface area contributed by atoms with E-state index in [1.807, 2.05) is 0 Å². The average Bonchev–Trinajstić information content (AvgIpc) is 2.32. The molecule has 0 spiro atoms. The van der Waals surface area contributed by atoms with E-state index in [-0.39, 0.29) is 11.9 Å². The van der Waals surface area contributed by atoms with Gasteiger partial charge in [-0.05, 0) is 38.1 Å². The summed E-state index contributed by atoms with van der Waals surface area (Å²) in [6.07, 6.45) is 7.18. The van der Waals surface area contributed by atoms with Crippen LogP contribution in [0, 0.1) is 5.92 Å². The molecule has 0 aromatic carbocycles. The largest absolute Gasteiger partial charge is 0.352 e.